The Morgan fingerprint density at radius 1 is 1.37 bits per heavy atom. The lowest BCUT2D eigenvalue weighted by molar-refractivity contribution is -0.152. The first kappa shape index (κ1) is 18.3. The fourth-order valence-corrected chi connectivity index (χ4v) is 2.50. The van der Waals surface area contributed by atoms with E-state index < -0.39 is 20.4 Å². The Kier molecular flexibility index (Phi) is 8.21. The maximum Gasteiger partial charge on any atom is 0.335 e. The molecule has 0 aromatic heterocycles. The number of rotatable bonds is 8. The standard InChI is InChI=1S/C14H28O4Si/c1-7-8-12(13(15)14(16)17-4)9-10-18-19(5,6)11(2)3/h7-8,11-13,15H,9-10H2,1-6H3/b8-7+/t12-,13+/m0/s1. The SMILES string of the molecule is C/C=C/[C@@H](CCO[Si](C)(C)C(C)C)[C@@H](O)C(=O)OC. The lowest BCUT2D eigenvalue weighted by Crippen LogP contribution is -2.36. The van der Waals surface area contributed by atoms with Gasteiger partial charge in [0.2, 0.25) is 0 Å². The number of aliphatic hydroxyl groups excluding tert-OH is 1. The van der Waals surface area contributed by atoms with Gasteiger partial charge in [0.25, 0.3) is 0 Å². The highest BCUT2D eigenvalue weighted by molar-refractivity contribution is 6.72. The maximum absolute atomic E-state index is 11.4. The summed E-state index contributed by atoms with van der Waals surface area (Å²) in [5, 5.41) is 9.88. The van der Waals surface area contributed by atoms with Crippen molar-refractivity contribution in [3.63, 3.8) is 0 Å². The normalized spacial score (nSPS) is 15.8. The Balaban J connectivity index is 4.42. The first-order valence-corrected chi connectivity index (χ1v) is 9.77. The van der Waals surface area contributed by atoms with E-state index in [1.807, 2.05) is 19.1 Å². The molecule has 0 aliphatic rings. The van der Waals surface area contributed by atoms with Crippen LogP contribution in [0.5, 0.6) is 0 Å². The molecule has 0 aliphatic heterocycles. The van der Waals surface area contributed by atoms with Gasteiger partial charge in [0, 0.05) is 12.5 Å². The zero-order chi connectivity index (χ0) is 15.1. The maximum atomic E-state index is 11.4. The second-order valence-electron chi connectivity index (χ2n) is 5.55. The molecule has 0 aromatic rings. The van der Waals surface area contributed by atoms with E-state index in [0.717, 1.165) is 0 Å². The molecule has 0 fully saturated rings. The van der Waals surface area contributed by atoms with Gasteiger partial charge < -0.3 is 14.3 Å². The molecule has 0 rings (SSSR count). The molecule has 112 valence electrons. The van der Waals surface area contributed by atoms with Gasteiger partial charge in [-0.25, -0.2) is 4.79 Å². The molecule has 0 spiro atoms. The van der Waals surface area contributed by atoms with Crippen LogP contribution in [0.4, 0.5) is 0 Å². The van der Waals surface area contributed by atoms with E-state index in [4.69, 9.17) is 4.43 Å². The smallest absolute Gasteiger partial charge is 0.335 e. The van der Waals surface area contributed by atoms with Crippen LogP contribution in [0.3, 0.4) is 0 Å². The number of esters is 1. The van der Waals surface area contributed by atoms with Gasteiger partial charge in [-0.15, -0.1) is 0 Å². The van der Waals surface area contributed by atoms with Crippen molar-refractivity contribution in [1.82, 2.24) is 0 Å². The van der Waals surface area contributed by atoms with Gasteiger partial charge in [-0.3, -0.25) is 0 Å². The number of ether oxygens (including phenoxy) is 1. The van der Waals surface area contributed by atoms with Crippen LogP contribution in [0.2, 0.25) is 18.6 Å². The van der Waals surface area contributed by atoms with E-state index in [2.05, 4.69) is 31.7 Å². The van der Waals surface area contributed by atoms with Crippen molar-refractivity contribution in [3.05, 3.63) is 12.2 Å². The quantitative estimate of drug-likeness (QED) is 0.424. The number of carbonyl (C=O) groups excluding carboxylic acids is 1. The molecule has 0 bridgehead atoms. The van der Waals surface area contributed by atoms with Crippen molar-refractivity contribution in [3.8, 4) is 0 Å². The van der Waals surface area contributed by atoms with E-state index in [0.29, 0.717) is 18.6 Å². The van der Waals surface area contributed by atoms with Crippen molar-refractivity contribution in [1.29, 1.82) is 0 Å². The van der Waals surface area contributed by atoms with Crippen LogP contribution in [0, 0.1) is 5.92 Å². The predicted molar refractivity (Wildman–Crippen MR) is 79.5 cm³/mol. The van der Waals surface area contributed by atoms with Gasteiger partial charge >= 0.3 is 5.97 Å². The number of hydrogen-bond donors (Lipinski definition) is 1. The van der Waals surface area contributed by atoms with E-state index >= 15 is 0 Å². The highest BCUT2D eigenvalue weighted by Crippen LogP contribution is 2.22. The first-order chi connectivity index (χ1) is 8.76. The van der Waals surface area contributed by atoms with E-state index in [9.17, 15) is 9.90 Å². The van der Waals surface area contributed by atoms with Crippen molar-refractivity contribution in [2.75, 3.05) is 13.7 Å². The lowest BCUT2D eigenvalue weighted by atomic mass is 9.98. The van der Waals surface area contributed by atoms with E-state index in [-0.39, 0.29) is 5.92 Å². The summed E-state index contributed by atoms with van der Waals surface area (Å²) in [4.78, 5) is 11.4. The van der Waals surface area contributed by atoms with Gasteiger partial charge in [0.05, 0.1) is 7.11 Å². The van der Waals surface area contributed by atoms with Gasteiger partial charge in [0.1, 0.15) is 0 Å². The summed E-state index contributed by atoms with van der Waals surface area (Å²) in [6.45, 7) is 11.1. The van der Waals surface area contributed by atoms with Crippen LogP contribution < -0.4 is 0 Å². The molecule has 0 unspecified atom stereocenters. The Morgan fingerprint density at radius 3 is 2.37 bits per heavy atom. The third-order valence-electron chi connectivity index (χ3n) is 3.60. The number of methoxy groups -OCH3 is 1. The summed E-state index contributed by atoms with van der Waals surface area (Å²) in [5.41, 5.74) is 0.540. The van der Waals surface area contributed by atoms with Gasteiger partial charge in [-0.1, -0.05) is 26.0 Å². The average molecular weight is 288 g/mol. The third-order valence-corrected chi connectivity index (χ3v) is 7.33. The summed E-state index contributed by atoms with van der Waals surface area (Å²) in [7, 11) is -0.381. The summed E-state index contributed by atoms with van der Waals surface area (Å²) in [5.74, 6) is -0.849. The molecule has 0 aliphatic carbocycles. The molecular formula is C14H28O4Si. The predicted octanol–water partition coefficient (Wildman–Crippen LogP) is 2.73. The second-order valence-corrected chi connectivity index (χ2v) is 10.2. The fourth-order valence-electron chi connectivity index (χ4n) is 1.53. The molecule has 0 saturated carbocycles. The zero-order valence-corrected chi connectivity index (χ0v) is 14.0. The molecule has 0 heterocycles. The Morgan fingerprint density at radius 2 is 1.95 bits per heavy atom. The van der Waals surface area contributed by atoms with Crippen molar-refractivity contribution >= 4 is 14.3 Å². The number of aliphatic hydroxyl groups is 1. The zero-order valence-electron chi connectivity index (χ0n) is 13.0. The molecular weight excluding hydrogens is 260 g/mol. The van der Waals surface area contributed by atoms with Crippen LogP contribution >= 0.6 is 0 Å². The van der Waals surface area contributed by atoms with Crippen molar-refractivity contribution in [2.24, 2.45) is 5.92 Å². The Bertz CT molecular complexity index is 300. The van der Waals surface area contributed by atoms with Crippen molar-refractivity contribution in [2.45, 2.75) is 51.9 Å². The summed E-state index contributed by atoms with van der Waals surface area (Å²) in [6.07, 6.45) is 3.16. The molecule has 0 saturated heterocycles. The summed E-state index contributed by atoms with van der Waals surface area (Å²) < 4.78 is 10.5. The highest BCUT2D eigenvalue weighted by atomic mass is 28.4. The molecule has 5 heteroatoms. The minimum atomic E-state index is -1.66. The third kappa shape index (κ3) is 6.36. The lowest BCUT2D eigenvalue weighted by Gasteiger charge is -2.28. The molecule has 0 amide bonds. The van der Waals surface area contributed by atoms with Crippen LogP contribution in [0.25, 0.3) is 0 Å². The Labute approximate surface area is 117 Å². The molecule has 19 heavy (non-hydrogen) atoms. The monoisotopic (exact) mass is 288 g/mol. The minimum absolute atomic E-state index is 0.255. The van der Waals surface area contributed by atoms with Gasteiger partial charge in [-0.2, -0.15) is 0 Å². The highest BCUT2D eigenvalue weighted by Gasteiger charge is 2.29. The van der Waals surface area contributed by atoms with Crippen LogP contribution in [-0.4, -0.2) is 39.2 Å². The van der Waals surface area contributed by atoms with Crippen molar-refractivity contribution < 1.29 is 19.1 Å². The molecule has 4 nitrogen and oxygen atoms in total. The average Bonchev–Trinajstić information content (AvgIpc) is 2.35. The first-order valence-electron chi connectivity index (χ1n) is 6.79. The summed E-state index contributed by atoms with van der Waals surface area (Å²) in [6, 6.07) is 0. The van der Waals surface area contributed by atoms with Crippen LogP contribution in [-0.2, 0) is 14.0 Å². The van der Waals surface area contributed by atoms with E-state index in [1.165, 1.54) is 7.11 Å². The molecule has 2 atom stereocenters. The molecule has 0 aromatic carbocycles. The topological polar surface area (TPSA) is 55.8 Å². The number of hydrogen-bond acceptors (Lipinski definition) is 4. The summed E-state index contributed by atoms with van der Waals surface area (Å²) >= 11 is 0. The van der Waals surface area contributed by atoms with Crippen LogP contribution in [0.1, 0.15) is 27.2 Å². The largest absolute Gasteiger partial charge is 0.467 e. The van der Waals surface area contributed by atoms with E-state index in [1.54, 1.807) is 0 Å². The number of carbonyl (C=O) groups is 1. The minimum Gasteiger partial charge on any atom is -0.467 e. The second kappa shape index (κ2) is 8.50. The number of allylic oxidation sites excluding steroid dienone is 1. The van der Waals surface area contributed by atoms with Gasteiger partial charge in [-0.05, 0) is 32.0 Å². The Hall–Kier alpha value is -0.653. The molecule has 1 N–H and O–H groups in total. The van der Waals surface area contributed by atoms with Crippen LogP contribution in [0.15, 0.2) is 12.2 Å². The molecule has 0 radical (unpaired) electrons. The van der Waals surface area contributed by atoms with Gasteiger partial charge in [0.15, 0.2) is 14.4 Å². The fraction of sp³-hybridized carbons (Fsp3) is 0.786.